The van der Waals surface area contributed by atoms with Crippen molar-refractivity contribution in [1.82, 2.24) is 0 Å². The van der Waals surface area contributed by atoms with Crippen molar-refractivity contribution in [2.24, 2.45) is 0 Å². The van der Waals surface area contributed by atoms with Gasteiger partial charge in [0.25, 0.3) is 0 Å². The molecule has 0 aliphatic carbocycles. The third-order valence-corrected chi connectivity index (χ3v) is 5.24. The Morgan fingerprint density at radius 1 is 1.00 bits per heavy atom. The molecule has 0 fully saturated rings. The number of esters is 1. The number of fused-ring (bicyclic) bond motifs is 1. The number of aryl methyl sites for hydroxylation is 1. The summed E-state index contributed by atoms with van der Waals surface area (Å²) in [7, 11) is 1.59. The first-order chi connectivity index (χ1) is 15.0. The second-order valence-electron chi connectivity index (χ2n) is 7.36. The Labute approximate surface area is 180 Å². The van der Waals surface area contributed by atoms with Crippen molar-refractivity contribution in [3.05, 3.63) is 94.2 Å². The molecular formula is C26H22O5. The number of hydrogen-bond acceptors (Lipinski definition) is 5. The fraction of sp³-hybridized carbons (Fsp3) is 0.154. The van der Waals surface area contributed by atoms with E-state index < -0.39 is 5.97 Å². The van der Waals surface area contributed by atoms with Crippen LogP contribution in [0, 0.1) is 13.8 Å². The smallest absolute Gasteiger partial charge is 0.315 e. The van der Waals surface area contributed by atoms with Gasteiger partial charge >= 0.3 is 5.97 Å². The first kappa shape index (κ1) is 20.4. The molecule has 0 radical (unpaired) electrons. The summed E-state index contributed by atoms with van der Waals surface area (Å²) in [6.45, 7) is 3.75. The van der Waals surface area contributed by atoms with Gasteiger partial charge < -0.3 is 14.2 Å². The monoisotopic (exact) mass is 414 g/mol. The van der Waals surface area contributed by atoms with Crippen LogP contribution in [-0.4, -0.2) is 18.9 Å². The molecule has 0 spiro atoms. The molecule has 1 heterocycles. The fourth-order valence-corrected chi connectivity index (χ4v) is 3.44. The van der Waals surface area contributed by atoms with Crippen molar-refractivity contribution in [1.29, 1.82) is 0 Å². The van der Waals surface area contributed by atoms with Crippen LogP contribution in [0.25, 0.3) is 6.08 Å². The lowest BCUT2D eigenvalue weighted by molar-refractivity contribution is -0.133. The summed E-state index contributed by atoms with van der Waals surface area (Å²) in [4.78, 5) is 25.2. The summed E-state index contributed by atoms with van der Waals surface area (Å²) in [5, 5.41) is 0. The van der Waals surface area contributed by atoms with Gasteiger partial charge in [0.1, 0.15) is 17.2 Å². The molecule has 0 amide bonds. The topological polar surface area (TPSA) is 61.8 Å². The Kier molecular flexibility index (Phi) is 5.58. The van der Waals surface area contributed by atoms with Crippen molar-refractivity contribution in [3.8, 4) is 17.2 Å². The molecule has 3 aromatic rings. The Hall–Kier alpha value is -3.86. The largest absolute Gasteiger partial charge is 0.497 e. The Bertz CT molecular complexity index is 1190. The summed E-state index contributed by atoms with van der Waals surface area (Å²) in [6, 6.07) is 18.3. The molecule has 1 aliphatic rings. The molecule has 0 saturated carbocycles. The average molecular weight is 414 g/mol. The first-order valence-corrected chi connectivity index (χ1v) is 9.93. The lowest BCUT2D eigenvalue weighted by Gasteiger charge is -2.10. The predicted octanol–water partition coefficient (Wildman–Crippen LogP) is 5.08. The number of ketones is 1. The van der Waals surface area contributed by atoms with Gasteiger partial charge in [0, 0.05) is 5.56 Å². The average Bonchev–Trinajstić information content (AvgIpc) is 3.08. The molecule has 156 valence electrons. The quantitative estimate of drug-likeness (QED) is 0.331. The lowest BCUT2D eigenvalue weighted by Crippen LogP contribution is -2.12. The predicted molar refractivity (Wildman–Crippen MR) is 118 cm³/mol. The lowest BCUT2D eigenvalue weighted by atomic mass is 10.0. The first-order valence-electron chi connectivity index (χ1n) is 9.93. The number of allylic oxidation sites excluding steroid dienone is 1. The van der Waals surface area contributed by atoms with E-state index in [-0.39, 0.29) is 18.0 Å². The minimum atomic E-state index is -0.395. The van der Waals surface area contributed by atoms with Crippen LogP contribution in [-0.2, 0) is 11.2 Å². The minimum absolute atomic E-state index is 0.124. The molecule has 5 heteroatoms. The van der Waals surface area contributed by atoms with Crippen LogP contribution in [0.15, 0.2) is 66.4 Å². The number of rotatable bonds is 5. The van der Waals surface area contributed by atoms with Gasteiger partial charge in [0.15, 0.2) is 5.76 Å². The van der Waals surface area contributed by atoms with Gasteiger partial charge in [-0.3, -0.25) is 9.59 Å². The minimum Gasteiger partial charge on any atom is -0.497 e. The Morgan fingerprint density at radius 3 is 2.45 bits per heavy atom. The summed E-state index contributed by atoms with van der Waals surface area (Å²) >= 11 is 0. The zero-order valence-electron chi connectivity index (χ0n) is 17.6. The van der Waals surface area contributed by atoms with E-state index in [2.05, 4.69) is 0 Å². The van der Waals surface area contributed by atoms with Crippen LogP contribution < -0.4 is 14.2 Å². The van der Waals surface area contributed by atoms with Crippen molar-refractivity contribution in [2.75, 3.05) is 7.11 Å². The number of Topliss-reactive ketones (excluding diaryl/α,β-unsaturated/α-hetero) is 1. The van der Waals surface area contributed by atoms with Crippen molar-refractivity contribution in [3.63, 3.8) is 0 Å². The zero-order valence-corrected chi connectivity index (χ0v) is 17.6. The second-order valence-corrected chi connectivity index (χ2v) is 7.36. The van der Waals surface area contributed by atoms with E-state index in [4.69, 9.17) is 14.2 Å². The van der Waals surface area contributed by atoms with Gasteiger partial charge in [-0.2, -0.15) is 0 Å². The molecule has 31 heavy (non-hydrogen) atoms. The standard InChI is InChI=1S/C26H22O5/c1-16-6-4-5-7-19(16)15-23-25(28)21-12-13-22(17(2)26(21)31-23)30-24(27)14-18-8-10-20(29-3)11-9-18/h4-13,15H,14H2,1-3H3/b23-15-. The number of carbonyl (C=O) groups is 2. The van der Waals surface area contributed by atoms with E-state index in [1.165, 1.54) is 0 Å². The van der Waals surface area contributed by atoms with Gasteiger partial charge in [-0.25, -0.2) is 0 Å². The number of methoxy groups -OCH3 is 1. The summed E-state index contributed by atoms with van der Waals surface area (Å²) in [5.74, 6) is 1.21. The highest BCUT2D eigenvalue weighted by Gasteiger charge is 2.30. The van der Waals surface area contributed by atoms with E-state index in [9.17, 15) is 9.59 Å². The van der Waals surface area contributed by atoms with Crippen LogP contribution in [0.2, 0.25) is 0 Å². The van der Waals surface area contributed by atoms with E-state index in [0.29, 0.717) is 22.6 Å². The van der Waals surface area contributed by atoms with E-state index in [1.54, 1.807) is 44.4 Å². The third-order valence-electron chi connectivity index (χ3n) is 5.24. The zero-order chi connectivity index (χ0) is 22.0. The highest BCUT2D eigenvalue weighted by Crippen LogP contribution is 2.39. The molecular weight excluding hydrogens is 392 g/mol. The third kappa shape index (κ3) is 4.21. The van der Waals surface area contributed by atoms with Crippen LogP contribution in [0.3, 0.4) is 0 Å². The summed E-state index contributed by atoms with van der Waals surface area (Å²) < 4.78 is 16.6. The molecule has 1 aliphatic heterocycles. The molecule has 0 unspecified atom stereocenters. The van der Waals surface area contributed by atoms with Crippen molar-refractivity contribution >= 4 is 17.8 Å². The number of ether oxygens (including phenoxy) is 3. The summed E-state index contributed by atoms with van der Waals surface area (Å²) in [6.07, 6.45) is 1.87. The van der Waals surface area contributed by atoms with Crippen LogP contribution in [0.1, 0.15) is 32.6 Å². The molecule has 0 saturated heterocycles. The van der Waals surface area contributed by atoms with Gasteiger partial charge in [0.2, 0.25) is 5.78 Å². The fourth-order valence-electron chi connectivity index (χ4n) is 3.44. The molecule has 5 nitrogen and oxygen atoms in total. The maximum atomic E-state index is 12.8. The molecule has 0 atom stereocenters. The molecule has 0 aromatic heterocycles. The molecule has 4 rings (SSSR count). The maximum absolute atomic E-state index is 12.8. The number of hydrogen-bond donors (Lipinski definition) is 0. The number of carbonyl (C=O) groups excluding carboxylic acids is 2. The van der Waals surface area contributed by atoms with E-state index in [0.717, 1.165) is 22.4 Å². The highest BCUT2D eigenvalue weighted by molar-refractivity contribution is 6.15. The normalized spacial score (nSPS) is 13.6. The van der Waals surface area contributed by atoms with Crippen LogP contribution >= 0.6 is 0 Å². The molecule has 0 bridgehead atoms. The van der Waals surface area contributed by atoms with Crippen LogP contribution in [0.4, 0.5) is 0 Å². The second kappa shape index (κ2) is 8.48. The SMILES string of the molecule is COc1ccc(CC(=O)Oc2ccc3c(c2C)O/C(=C\c2ccccc2C)C3=O)cc1. The molecule has 0 N–H and O–H groups in total. The number of benzene rings is 3. The van der Waals surface area contributed by atoms with Gasteiger partial charge in [0.05, 0.1) is 19.1 Å². The van der Waals surface area contributed by atoms with Crippen LogP contribution in [0.5, 0.6) is 17.2 Å². The van der Waals surface area contributed by atoms with Gasteiger partial charge in [-0.1, -0.05) is 36.4 Å². The highest BCUT2D eigenvalue weighted by atomic mass is 16.5. The van der Waals surface area contributed by atoms with E-state index in [1.807, 2.05) is 43.3 Å². The van der Waals surface area contributed by atoms with Crippen molar-refractivity contribution < 1.29 is 23.8 Å². The Morgan fingerprint density at radius 2 is 1.74 bits per heavy atom. The molecule has 3 aromatic carbocycles. The Balaban J connectivity index is 1.52. The maximum Gasteiger partial charge on any atom is 0.315 e. The van der Waals surface area contributed by atoms with E-state index >= 15 is 0 Å². The summed E-state index contributed by atoms with van der Waals surface area (Å²) in [5.41, 5.74) is 3.86. The van der Waals surface area contributed by atoms with Gasteiger partial charge in [-0.05, 0) is 60.9 Å². The van der Waals surface area contributed by atoms with Crippen molar-refractivity contribution in [2.45, 2.75) is 20.3 Å². The van der Waals surface area contributed by atoms with Gasteiger partial charge in [-0.15, -0.1) is 0 Å².